The van der Waals surface area contributed by atoms with Crippen molar-refractivity contribution in [2.24, 2.45) is 11.3 Å². The van der Waals surface area contributed by atoms with Gasteiger partial charge in [0.25, 0.3) is 0 Å². The number of hydrogen-bond donors (Lipinski definition) is 4. The summed E-state index contributed by atoms with van der Waals surface area (Å²) >= 11 is 0. The topological polar surface area (TPSA) is 107 Å². The fraction of sp³-hybridized carbons (Fsp3) is 0.538. The number of rotatable bonds is 5. The normalized spacial score (nSPS) is 26.6. The summed E-state index contributed by atoms with van der Waals surface area (Å²) in [6.07, 6.45) is 9.36. The van der Waals surface area contributed by atoms with E-state index >= 15 is 0 Å². The monoisotopic (exact) mass is 306 g/mol. The van der Waals surface area contributed by atoms with Crippen LogP contribution in [0.3, 0.4) is 0 Å². The number of aliphatic hydroxyl groups excluding tert-OH is 2. The van der Waals surface area contributed by atoms with Gasteiger partial charge in [0.05, 0.1) is 13.2 Å². The number of hydrogen-bond acceptors (Lipinski definition) is 4. The minimum atomic E-state index is -4.50. The smallest absolute Gasteiger partial charge is 0.394 e. The molecule has 0 aromatic heterocycles. The van der Waals surface area contributed by atoms with E-state index in [1.807, 2.05) is 6.08 Å². The van der Waals surface area contributed by atoms with Crippen molar-refractivity contribution in [2.75, 3.05) is 13.2 Å². The Kier molecular flexibility index (Phi) is 8.20. The van der Waals surface area contributed by atoms with Crippen LogP contribution in [-0.2, 0) is 9.09 Å². The molecule has 1 rings (SSSR count). The molecular weight excluding hydrogens is 283 g/mol. The SMILES string of the molecule is C=CC1(C)C=CC=CC1C.O=P(O)(O)OC[C@H](O)CO. The van der Waals surface area contributed by atoms with Gasteiger partial charge in [0.2, 0.25) is 0 Å². The Morgan fingerprint density at radius 2 is 2.10 bits per heavy atom. The van der Waals surface area contributed by atoms with E-state index < -0.39 is 27.1 Å². The summed E-state index contributed by atoms with van der Waals surface area (Å²) < 4.78 is 13.8. The van der Waals surface area contributed by atoms with Gasteiger partial charge in [-0.05, 0) is 5.92 Å². The molecule has 4 N–H and O–H groups in total. The van der Waals surface area contributed by atoms with Gasteiger partial charge in [0.15, 0.2) is 0 Å². The third kappa shape index (κ3) is 7.75. The highest BCUT2D eigenvalue weighted by molar-refractivity contribution is 7.46. The number of phosphoric acid groups is 1. The summed E-state index contributed by atoms with van der Waals surface area (Å²) in [5, 5.41) is 16.7. The first kappa shape index (κ1) is 19.2. The summed E-state index contributed by atoms with van der Waals surface area (Å²) in [6.45, 7) is 7.08. The molecule has 0 spiro atoms. The Hall–Kier alpha value is -0.750. The van der Waals surface area contributed by atoms with Crippen LogP contribution in [0.25, 0.3) is 0 Å². The molecule has 0 aromatic rings. The lowest BCUT2D eigenvalue weighted by Gasteiger charge is -2.29. The molecule has 0 aromatic carbocycles. The van der Waals surface area contributed by atoms with Crippen LogP contribution >= 0.6 is 7.82 Å². The van der Waals surface area contributed by atoms with Crippen molar-refractivity contribution < 1.29 is 29.1 Å². The second kappa shape index (κ2) is 8.52. The van der Waals surface area contributed by atoms with E-state index in [0.717, 1.165) is 0 Å². The molecule has 20 heavy (non-hydrogen) atoms. The lowest BCUT2D eigenvalue weighted by molar-refractivity contribution is 0.0419. The van der Waals surface area contributed by atoms with Gasteiger partial charge in [0.1, 0.15) is 6.10 Å². The fourth-order valence-corrected chi connectivity index (χ4v) is 1.71. The third-order valence-corrected chi connectivity index (χ3v) is 3.52. The van der Waals surface area contributed by atoms with Crippen LogP contribution in [0.1, 0.15) is 13.8 Å². The van der Waals surface area contributed by atoms with Gasteiger partial charge in [-0.2, -0.15) is 0 Å². The Morgan fingerprint density at radius 3 is 2.45 bits per heavy atom. The Labute approximate surface area is 119 Å². The molecule has 0 heterocycles. The van der Waals surface area contributed by atoms with E-state index in [9.17, 15) is 4.57 Å². The molecule has 0 aliphatic heterocycles. The van der Waals surface area contributed by atoms with Crippen molar-refractivity contribution in [3.05, 3.63) is 37.0 Å². The van der Waals surface area contributed by atoms with Crippen molar-refractivity contribution in [3.8, 4) is 0 Å². The summed E-state index contributed by atoms with van der Waals surface area (Å²) in [5.74, 6) is 0.579. The minimum Gasteiger partial charge on any atom is -0.394 e. The average molecular weight is 306 g/mol. The zero-order chi connectivity index (χ0) is 15.8. The third-order valence-electron chi connectivity index (χ3n) is 3.03. The lowest BCUT2D eigenvalue weighted by Crippen LogP contribution is -2.19. The van der Waals surface area contributed by atoms with E-state index in [2.05, 4.69) is 49.3 Å². The Bertz CT molecular complexity index is 400. The van der Waals surface area contributed by atoms with Crippen molar-refractivity contribution in [1.82, 2.24) is 0 Å². The zero-order valence-electron chi connectivity index (χ0n) is 11.7. The maximum Gasteiger partial charge on any atom is 0.469 e. The van der Waals surface area contributed by atoms with Crippen LogP contribution in [0.15, 0.2) is 37.0 Å². The largest absolute Gasteiger partial charge is 0.469 e. The van der Waals surface area contributed by atoms with Crippen molar-refractivity contribution in [2.45, 2.75) is 20.0 Å². The molecule has 6 nitrogen and oxygen atoms in total. The first-order valence-electron chi connectivity index (χ1n) is 6.13. The van der Waals surface area contributed by atoms with Crippen LogP contribution in [0.5, 0.6) is 0 Å². The van der Waals surface area contributed by atoms with E-state index in [4.69, 9.17) is 20.0 Å². The highest BCUT2D eigenvalue weighted by Crippen LogP contribution is 2.35. The molecule has 3 atom stereocenters. The molecular formula is C13H23O6P. The van der Waals surface area contributed by atoms with Crippen LogP contribution in [0, 0.1) is 11.3 Å². The Morgan fingerprint density at radius 1 is 1.50 bits per heavy atom. The maximum absolute atomic E-state index is 9.93. The predicted octanol–water partition coefficient (Wildman–Crippen LogP) is 1.39. The van der Waals surface area contributed by atoms with Gasteiger partial charge in [-0.15, -0.1) is 6.58 Å². The molecule has 0 saturated heterocycles. The van der Waals surface area contributed by atoms with Crippen LogP contribution < -0.4 is 0 Å². The van der Waals surface area contributed by atoms with Crippen LogP contribution in [-0.4, -0.2) is 39.3 Å². The molecule has 0 radical (unpaired) electrons. The molecule has 1 aliphatic carbocycles. The summed E-state index contributed by atoms with van der Waals surface area (Å²) in [6, 6.07) is 0. The second-order valence-corrected chi connectivity index (χ2v) is 5.96. The van der Waals surface area contributed by atoms with E-state index in [0.29, 0.717) is 5.92 Å². The molecule has 0 amide bonds. The summed E-state index contributed by atoms with van der Waals surface area (Å²) in [4.78, 5) is 16.1. The van der Waals surface area contributed by atoms with Gasteiger partial charge in [-0.3, -0.25) is 4.52 Å². The van der Waals surface area contributed by atoms with E-state index in [-0.39, 0.29) is 5.41 Å². The lowest BCUT2D eigenvalue weighted by atomic mass is 9.76. The predicted molar refractivity (Wildman–Crippen MR) is 76.8 cm³/mol. The summed E-state index contributed by atoms with van der Waals surface area (Å²) in [7, 11) is -4.50. The first-order valence-corrected chi connectivity index (χ1v) is 7.66. The van der Waals surface area contributed by atoms with Gasteiger partial charge < -0.3 is 20.0 Å². The quantitative estimate of drug-likeness (QED) is 0.452. The van der Waals surface area contributed by atoms with Gasteiger partial charge in [0, 0.05) is 5.41 Å². The van der Waals surface area contributed by atoms with Crippen LogP contribution in [0.4, 0.5) is 0 Å². The van der Waals surface area contributed by atoms with Crippen molar-refractivity contribution in [3.63, 3.8) is 0 Å². The molecule has 1 aliphatic rings. The molecule has 0 bridgehead atoms. The standard InChI is InChI=1S/C10H14.C3H9O6P/c1-4-10(3)8-6-5-7-9(10)2;4-1-3(5)2-9-10(6,7)8/h4-9H,1H2,2-3H3;3-5H,1-2H2,(H2,6,7,8)/t;3-/m.1/s1. The number of allylic oxidation sites excluding steroid dienone is 5. The van der Waals surface area contributed by atoms with Crippen LogP contribution in [0.2, 0.25) is 0 Å². The average Bonchev–Trinajstić information content (AvgIpc) is 2.39. The Balaban J connectivity index is 0.000000361. The van der Waals surface area contributed by atoms with Gasteiger partial charge in [-0.25, -0.2) is 4.57 Å². The van der Waals surface area contributed by atoms with Crippen molar-refractivity contribution >= 4 is 7.82 Å². The molecule has 2 unspecified atom stereocenters. The van der Waals surface area contributed by atoms with Gasteiger partial charge in [-0.1, -0.05) is 44.2 Å². The molecule has 116 valence electrons. The van der Waals surface area contributed by atoms with Gasteiger partial charge >= 0.3 is 7.82 Å². The van der Waals surface area contributed by atoms with E-state index in [1.165, 1.54) is 0 Å². The molecule has 0 saturated carbocycles. The highest BCUT2D eigenvalue weighted by Gasteiger charge is 2.23. The van der Waals surface area contributed by atoms with E-state index in [1.54, 1.807) is 0 Å². The first-order chi connectivity index (χ1) is 9.14. The fourth-order valence-electron chi connectivity index (χ4n) is 1.34. The number of phosphoric ester groups is 1. The minimum absolute atomic E-state index is 0.175. The second-order valence-electron chi connectivity index (χ2n) is 4.73. The number of aliphatic hydroxyl groups is 2. The van der Waals surface area contributed by atoms with Crippen molar-refractivity contribution in [1.29, 1.82) is 0 Å². The molecule has 0 fully saturated rings. The maximum atomic E-state index is 9.93. The highest BCUT2D eigenvalue weighted by atomic mass is 31.2. The zero-order valence-corrected chi connectivity index (χ0v) is 12.6. The summed E-state index contributed by atoms with van der Waals surface area (Å²) in [5.41, 5.74) is 0.175. The molecule has 7 heteroatoms.